The Bertz CT molecular complexity index is 498. The molecule has 9 nitrogen and oxygen atoms in total. The predicted octanol–water partition coefficient (Wildman–Crippen LogP) is 2.94. The number of carbonyl (C=O) groups excluding carboxylic acids is 4. The van der Waals surface area contributed by atoms with E-state index in [1.807, 2.05) is 55.4 Å². The molecule has 0 radical (unpaired) electrons. The second kappa shape index (κ2) is 20.6. The number of hydrogen-bond acceptors (Lipinski definition) is 4. The predicted molar refractivity (Wildman–Crippen MR) is 133 cm³/mol. The van der Waals surface area contributed by atoms with E-state index >= 15 is 0 Å². The maximum absolute atomic E-state index is 11.0. The molecule has 192 valence electrons. The Morgan fingerprint density at radius 2 is 0.688 bits per heavy atom. The Kier molecular flexibility index (Phi) is 23.8. The van der Waals surface area contributed by atoms with E-state index in [0.717, 1.165) is 0 Å². The van der Waals surface area contributed by atoms with E-state index in [2.05, 4.69) is 26.6 Å². The summed E-state index contributed by atoms with van der Waals surface area (Å²) in [7, 11) is 0. The molecule has 5 N–H and O–H groups in total. The van der Waals surface area contributed by atoms with E-state index in [-0.39, 0.29) is 55.5 Å². The summed E-state index contributed by atoms with van der Waals surface area (Å²) in [5.41, 5.74) is 0. The van der Waals surface area contributed by atoms with Crippen LogP contribution in [0.2, 0.25) is 0 Å². The van der Waals surface area contributed by atoms with Crippen LogP contribution in [0, 0.1) is 5.92 Å². The van der Waals surface area contributed by atoms with Gasteiger partial charge in [-0.15, -0.1) is 0 Å². The highest BCUT2D eigenvalue weighted by molar-refractivity contribution is 6.35. The van der Waals surface area contributed by atoms with Crippen molar-refractivity contribution in [3.8, 4) is 0 Å². The van der Waals surface area contributed by atoms with Gasteiger partial charge in [0.2, 0.25) is 5.91 Å². The molecule has 0 saturated heterocycles. The van der Waals surface area contributed by atoms with Gasteiger partial charge in [-0.25, -0.2) is 4.79 Å². The van der Waals surface area contributed by atoms with Gasteiger partial charge in [-0.3, -0.25) is 14.4 Å². The molecule has 0 heterocycles. The molecule has 0 aliphatic heterocycles. The number of carbonyl (C=O) groups is 4. The summed E-state index contributed by atoms with van der Waals surface area (Å²) in [5.74, 6) is -0.908. The molecule has 0 aliphatic carbocycles. The first-order valence-corrected chi connectivity index (χ1v) is 11.0. The summed E-state index contributed by atoms with van der Waals surface area (Å²) in [6.07, 6.45) is 0. The van der Waals surface area contributed by atoms with Gasteiger partial charge in [0, 0.05) is 36.1 Å². The van der Waals surface area contributed by atoms with Gasteiger partial charge in [0.05, 0.1) is 0 Å². The summed E-state index contributed by atoms with van der Waals surface area (Å²) in [4.78, 5) is 43.6. The van der Waals surface area contributed by atoms with Gasteiger partial charge in [-0.2, -0.15) is 0 Å². The molecule has 0 bridgehead atoms. The van der Waals surface area contributed by atoms with E-state index < -0.39 is 11.8 Å². The maximum atomic E-state index is 11.0. The van der Waals surface area contributed by atoms with E-state index in [0.29, 0.717) is 0 Å². The van der Waals surface area contributed by atoms with Crippen LogP contribution in [0.3, 0.4) is 0 Å². The first kappa shape index (κ1) is 37.0. The van der Waals surface area contributed by atoms with Crippen LogP contribution in [0.4, 0.5) is 4.79 Å². The minimum Gasteiger partial charge on any atom is -0.354 e. The highest BCUT2D eigenvalue weighted by Crippen LogP contribution is 1.91. The second-order valence-corrected chi connectivity index (χ2v) is 9.00. The highest BCUT2D eigenvalue weighted by atomic mass is 16.2. The Balaban J connectivity index is -0.000000183. The summed E-state index contributed by atoms with van der Waals surface area (Å²) < 4.78 is 0. The minimum atomic E-state index is -0.571. The fourth-order valence-corrected chi connectivity index (χ4v) is 1.67. The lowest BCUT2D eigenvalue weighted by molar-refractivity contribution is -0.139. The van der Waals surface area contributed by atoms with Gasteiger partial charge in [0.15, 0.2) is 0 Å². The first-order chi connectivity index (χ1) is 14.0. The van der Waals surface area contributed by atoms with E-state index in [9.17, 15) is 19.2 Å². The molecule has 0 aromatic carbocycles. The van der Waals surface area contributed by atoms with Crippen LogP contribution in [0.5, 0.6) is 0 Å². The Labute approximate surface area is 196 Å². The minimum absolute atomic E-state index is 0. The van der Waals surface area contributed by atoms with Crippen LogP contribution in [0.25, 0.3) is 0 Å². The summed E-state index contributed by atoms with van der Waals surface area (Å²) in [6.45, 7) is 22.6. The van der Waals surface area contributed by atoms with Crippen molar-refractivity contribution in [2.24, 2.45) is 5.92 Å². The number of hydrogen-bond donors (Lipinski definition) is 5. The van der Waals surface area contributed by atoms with Gasteiger partial charge in [0.1, 0.15) is 0 Å². The van der Waals surface area contributed by atoms with Gasteiger partial charge >= 0.3 is 17.8 Å². The average Bonchev–Trinajstić information content (AvgIpc) is 2.52. The van der Waals surface area contributed by atoms with Crippen LogP contribution in [0.1, 0.15) is 90.5 Å². The smallest absolute Gasteiger partial charge is 0.315 e. The SMILES string of the molecule is C.CC(C)NC(=O)C(=O)NC(C)C.CC(C)NC(=O)C(C)C.CC(C)NC(=O)NC(C)C. The molecule has 9 heteroatoms. The molecule has 0 aliphatic rings. The third kappa shape index (κ3) is 29.9. The molecule has 32 heavy (non-hydrogen) atoms. The van der Waals surface area contributed by atoms with E-state index in [1.54, 1.807) is 27.7 Å². The molecular formula is C23H51N5O4. The Hall–Kier alpha value is -2.32. The summed E-state index contributed by atoms with van der Waals surface area (Å²) in [5, 5.41) is 13.2. The average molecular weight is 462 g/mol. The van der Waals surface area contributed by atoms with Gasteiger partial charge < -0.3 is 26.6 Å². The van der Waals surface area contributed by atoms with Gasteiger partial charge in [-0.05, 0) is 69.2 Å². The van der Waals surface area contributed by atoms with E-state index in [1.165, 1.54) is 0 Å². The molecule has 0 unspecified atom stereocenters. The number of urea groups is 1. The normalized spacial score (nSPS) is 9.94. The maximum Gasteiger partial charge on any atom is 0.315 e. The van der Waals surface area contributed by atoms with Crippen molar-refractivity contribution in [1.82, 2.24) is 26.6 Å². The van der Waals surface area contributed by atoms with Gasteiger partial charge in [-0.1, -0.05) is 21.3 Å². The Morgan fingerprint density at radius 1 is 0.438 bits per heavy atom. The van der Waals surface area contributed by atoms with Crippen molar-refractivity contribution < 1.29 is 19.2 Å². The quantitative estimate of drug-likeness (QED) is 0.390. The van der Waals surface area contributed by atoms with Crippen molar-refractivity contribution in [2.75, 3.05) is 0 Å². The molecule has 0 saturated carbocycles. The lowest BCUT2D eigenvalue weighted by atomic mass is 10.2. The third-order valence-corrected chi connectivity index (χ3v) is 2.84. The zero-order chi connectivity index (χ0) is 25.3. The zero-order valence-electron chi connectivity index (χ0n) is 21.6. The first-order valence-electron chi connectivity index (χ1n) is 11.0. The van der Waals surface area contributed by atoms with Crippen LogP contribution in [0.15, 0.2) is 0 Å². The van der Waals surface area contributed by atoms with Crippen LogP contribution in [-0.4, -0.2) is 54.0 Å². The number of nitrogens with one attached hydrogen (secondary N) is 5. The summed E-state index contributed by atoms with van der Waals surface area (Å²) >= 11 is 0. The van der Waals surface area contributed by atoms with Crippen molar-refractivity contribution in [2.45, 2.75) is 121 Å². The molecule has 0 rings (SSSR count). The molecule has 0 spiro atoms. The third-order valence-electron chi connectivity index (χ3n) is 2.84. The molecule has 0 fully saturated rings. The second-order valence-electron chi connectivity index (χ2n) is 9.00. The monoisotopic (exact) mass is 461 g/mol. The largest absolute Gasteiger partial charge is 0.354 e. The van der Waals surface area contributed by atoms with Gasteiger partial charge in [0.25, 0.3) is 0 Å². The summed E-state index contributed by atoms with van der Waals surface area (Å²) in [6, 6.07) is 0.577. The molecule has 0 aromatic heterocycles. The lowest BCUT2D eigenvalue weighted by Gasteiger charge is -2.11. The van der Waals surface area contributed by atoms with E-state index in [4.69, 9.17) is 0 Å². The highest BCUT2D eigenvalue weighted by Gasteiger charge is 2.14. The van der Waals surface area contributed by atoms with Crippen LogP contribution in [-0.2, 0) is 14.4 Å². The van der Waals surface area contributed by atoms with Crippen molar-refractivity contribution in [1.29, 1.82) is 0 Å². The van der Waals surface area contributed by atoms with Crippen LogP contribution < -0.4 is 26.6 Å². The lowest BCUT2D eigenvalue weighted by Crippen LogP contribution is -2.44. The molecule has 5 amide bonds. The number of amides is 5. The van der Waals surface area contributed by atoms with Crippen LogP contribution >= 0.6 is 0 Å². The molecule has 0 aromatic rings. The number of rotatable bonds is 6. The fourth-order valence-electron chi connectivity index (χ4n) is 1.67. The zero-order valence-corrected chi connectivity index (χ0v) is 21.6. The van der Waals surface area contributed by atoms with Crippen molar-refractivity contribution >= 4 is 23.8 Å². The molecule has 0 atom stereocenters. The molecular weight excluding hydrogens is 410 g/mol. The topological polar surface area (TPSA) is 128 Å². The fraction of sp³-hybridized carbons (Fsp3) is 0.826. The van der Waals surface area contributed by atoms with Crippen molar-refractivity contribution in [3.05, 3.63) is 0 Å². The Morgan fingerprint density at radius 3 is 0.844 bits per heavy atom. The van der Waals surface area contributed by atoms with Crippen molar-refractivity contribution in [3.63, 3.8) is 0 Å². The standard InChI is InChI=1S/C8H16N2O2.C7H16N2O.C7H15NO.CH4/c1-5(2)9-7(11)8(12)10-6(3)4;1-5(2)8-7(10)9-6(3)4;1-5(2)7(9)8-6(3)4;/h5-6H,1-4H3,(H,9,11)(H,10,12);5-6H,1-4H3,(H2,8,9,10);5-6H,1-4H3,(H,8,9);1H4.